The third-order valence-electron chi connectivity index (χ3n) is 3.82. The molecule has 0 saturated carbocycles. The number of nitrogens with one attached hydrogen (secondary N) is 1. The first kappa shape index (κ1) is 18.1. The van der Waals surface area contributed by atoms with Crippen molar-refractivity contribution in [2.45, 2.75) is 17.6 Å². The highest BCUT2D eigenvalue weighted by Gasteiger charge is 2.10. The summed E-state index contributed by atoms with van der Waals surface area (Å²) >= 11 is 1.72. The van der Waals surface area contributed by atoms with E-state index in [1.54, 1.807) is 23.9 Å². The van der Waals surface area contributed by atoms with E-state index in [4.69, 9.17) is 0 Å². The van der Waals surface area contributed by atoms with Crippen LogP contribution in [0, 0.1) is 18.6 Å². The normalized spacial score (nSPS) is 10.6. The third kappa shape index (κ3) is 4.70. The first-order chi connectivity index (χ1) is 12.5. The predicted octanol–water partition coefficient (Wildman–Crippen LogP) is 5.82. The van der Waals surface area contributed by atoms with Crippen LogP contribution in [0.25, 0.3) is 0 Å². The van der Waals surface area contributed by atoms with E-state index in [2.05, 4.69) is 36.5 Å². The van der Waals surface area contributed by atoms with Crippen LogP contribution < -0.4 is 5.32 Å². The van der Waals surface area contributed by atoms with E-state index < -0.39 is 17.5 Å². The molecule has 0 heterocycles. The van der Waals surface area contributed by atoms with Crippen molar-refractivity contribution in [3.8, 4) is 0 Å². The Balaban J connectivity index is 1.61. The molecule has 0 aliphatic carbocycles. The van der Waals surface area contributed by atoms with Crippen LogP contribution in [0.3, 0.4) is 0 Å². The average Bonchev–Trinajstić information content (AvgIpc) is 2.64. The number of thioether (sulfide) groups is 1. The molecule has 0 unspecified atom stereocenters. The molecule has 0 spiro atoms. The Morgan fingerprint density at radius 3 is 2.31 bits per heavy atom. The van der Waals surface area contributed by atoms with Gasteiger partial charge in [0.05, 0.1) is 5.69 Å². The molecule has 0 aliphatic heterocycles. The molecule has 1 amide bonds. The number of rotatable bonds is 5. The van der Waals surface area contributed by atoms with Crippen molar-refractivity contribution in [1.29, 1.82) is 0 Å². The molecule has 1 N–H and O–H groups in total. The minimum atomic E-state index is -0.801. The zero-order valence-electron chi connectivity index (χ0n) is 14.1. The number of amides is 1. The highest BCUT2D eigenvalue weighted by atomic mass is 32.2. The summed E-state index contributed by atoms with van der Waals surface area (Å²) in [4.78, 5) is 13.4. The van der Waals surface area contributed by atoms with Crippen LogP contribution >= 0.6 is 11.8 Å². The summed E-state index contributed by atoms with van der Waals surface area (Å²) in [6.07, 6.45) is 0. The molecule has 0 fully saturated rings. The van der Waals surface area contributed by atoms with Gasteiger partial charge in [0.2, 0.25) is 0 Å². The molecule has 26 heavy (non-hydrogen) atoms. The highest BCUT2D eigenvalue weighted by molar-refractivity contribution is 7.98. The quantitative estimate of drug-likeness (QED) is 0.574. The molecule has 3 aromatic carbocycles. The molecule has 0 saturated heterocycles. The summed E-state index contributed by atoms with van der Waals surface area (Å²) in [7, 11) is 0. The SMILES string of the molecule is Cc1ccc(SCc2ccc(C(=O)Nc3ccc(F)cc3F)cc2)cc1. The summed E-state index contributed by atoms with van der Waals surface area (Å²) in [5.74, 6) is -1.13. The molecule has 0 radical (unpaired) electrons. The van der Waals surface area contributed by atoms with Crippen LogP contribution in [0.15, 0.2) is 71.6 Å². The van der Waals surface area contributed by atoms with E-state index >= 15 is 0 Å². The zero-order chi connectivity index (χ0) is 18.5. The molecular formula is C21H17F2NOS. The summed E-state index contributed by atoms with van der Waals surface area (Å²) in [5.41, 5.74) is 2.68. The first-order valence-electron chi connectivity index (χ1n) is 8.06. The van der Waals surface area contributed by atoms with E-state index in [0.717, 1.165) is 23.4 Å². The maximum absolute atomic E-state index is 13.6. The molecule has 0 aromatic heterocycles. The van der Waals surface area contributed by atoms with Gasteiger partial charge in [0.25, 0.3) is 5.91 Å². The largest absolute Gasteiger partial charge is 0.319 e. The van der Waals surface area contributed by atoms with Crippen LogP contribution in [-0.2, 0) is 5.75 Å². The molecule has 132 valence electrons. The van der Waals surface area contributed by atoms with Crippen LogP contribution in [0.2, 0.25) is 0 Å². The lowest BCUT2D eigenvalue weighted by atomic mass is 10.1. The summed E-state index contributed by atoms with van der Waals surface area (Å²) in [5, 5.41) is 2.45. The van der Waals surface area contributed by atoms with Crippen LogP contribution in [-0.4, -0.2) is 5.91 Å². The Bertz CT molecular complexity index is 908. The molecule has 3 rings (SSSR count). The van der Waals surface area contributed by atoms with Crippen LogP contribution in [0.1, 0.15) is 21.5 Å². The lowest BCUT2D eigenvalue weighted by molar-refractivity contribution is 0.102. The first-order valence-corrected chi connectivity index (χ1v) is 9.04. The van der Waals surface area contributed by atoms with E-state index in [1.165, 1.54) is 16.5 Å². The van der Waals surface area contributed by atoms with Crippen molar-refractivity contribution >= 4 is 23.4 Å². The van der Waals surface area contributed by atoms with Gasteiger partial charge in [-0.3, -0.25) is 4.79 Å². The minimum Gasteiger partial charge on any atom is -0.319 e. The van der Waals surface area contributed by atoms with Gasteiger partial charge in [-0.25, -0.2) is 8.78 Å². The Morgan fingerprint density at radius 1 is 0.962 bits per heavy atom. The second kappa shape index (κ2) is 8.15. The lowest BCUT2D eigenvalue weighted by Crippen LogP contribution is -2.13. The van der Waals surface area contributed by atoms with Crippen LogP contribution in [0.5, 0.6) is 0 Å². The second-order valence-electron chi connectivity index (χ2n) is 5.88. The zero-order valence-corrected chi connectivity index (χ0v) is 14.9. The Hall–Kier alpha value is -2.66. The summed E-state index contributed by atoms with van der Waals surface area (Å²) < 4.78 is 26.5. The van der Waals surface area contributed by atoms with Gasteiger partial charge in [0.15, 0.2) is 0 Å². The van der Waals surface area contributed by atoms with Crippen molar-refractivity contribution < 1.29 is 13.6 Å². The van der Waals surface area contributed by atoms with E-state index in [0.29, 0.717) is 5.56 Å². The number of carbonyl (C=O) groups is 1. The van der Waals surface area contributed by atoms with Crippen molar-refractivity contribution in [2.24, 2.45) is 0 Å². The van der Waals surface area contributed by atoms with Gasteiger partial charge in [0.1, 0.15) is 11.6 Å². The van der Waals surface area contributed by atoms with Gasteiger partial charge in [-0.2, -0.15) is 0 Å². The number of benzene rings is 3. The molecule has 0 atom stereocenters. The fraction of sp³-hybridized carbons (Fsp3) is 0.0952. The number of hydrogen-bond acceptors (Lipinski definition) is 2. The van der Waals surface area contributed by atoms with Crippen molar-refractivity contribution in [3.05, 3.63) is 95.1 Å². The third-order valence-corrected chi connectivity index (χ3v) is 4.91. The Morgan fingerprint density at radius 2 is 1.65 bits per heavy atom. The van der Waals surface area contributed by atoms with Crippen molar-refractivity contribution in [1.82, 2.24) is 0 Å². The maximum atomic E-state index is 13.6. The smallest absolute Gasteiger partial charge is 0.255 e. The van der Waals surface area contributed by atoms with Gasteiger partial charge in [0, 0.05) is 22.3 Å². The molecule has 3 aromatic rings. The summed E-state index contributed by atoms with van der Waals surface area (Å²) in [6, 6.07) is 18.5. The molecule has 2 nitrogen and oxygen atoms in total. The predicted molar refractivity (Wildman–Crippen MR) is 101 cm³/mol. The summed E-state index contributed by atoms with van der Waals surface area (Å²) in [6.45, 7) is 2.05. The molecule has 0 bridgehead atoms. The highest BCUT2D eigenvalue weighted by Crippen LogP contribution is 2.23. The number of aryl methyl sites for hydroxylation is 1. The van der Waals surface area contributed by atoms with Gasteiger partial charge in [-0.15, -0.1) is 11.8 Å². The number of carbonyl (C=O) groups excluding carboxylic acids is 1. The monoisotopic (exact) mass is 369 g/mol. The van der Waals surface area contributed by atoms with Gasteiger partial charge >= 0.3 is 0 Å². The molecular weight excluding hydrogens is 352 g/mol. The van der Waals surface area contributed by atoms with Gasteiger partial charge < -0.3 is 5.32 Å². The van der Waals surface area contributed by atoms with Crippen molar-refractivity contribution in [2.75, 3.05) is 5.32 Å². The fourth-order valence-electron chi connectivity index (χ4n) is 2.34. The number of hydrogen-bond donors (Lipinski definition) is 1. The molecule has 5 heteroatoms. The van der Waals surface area contributed by atoms with Gasteiger partial charge in [-0.1, -0.05) is 29.8 Å². The lowest BCUT2D eigenvalue weighted by Gasteiger charge is -2.08. The Labute approximate surface area is 155 Å². The van der Waals surface area contributed by atoms with Gasteiger partial charge in [-0.05, 0) is 48.9 Å². The number of halogens is 2. The van der Waals surface area contributed by atoms with Crippen molar-refractivity contribution in [3.63, 3.8) is 0 Å². The minimum absolute atomic E-state index is 0.0459. The molecule has 0 aliphatic rings. The van der Waals surface area contributed by atoms with E-state index in [-0.39, 0.29) is 5.69 Å². The van der Waals surface area contributed by atoms with E-state index in [9.17, 15) is 13.6 Å². The van der Waals surface area contributed by atoms with Crippen LogP contribution in [0.4, 0.5) is 14.5 Å². The Kier molecular flexibility index (Phi) is 5.68. The topological polar surface area (TPSA) is 29.1 Å². The second-order valence-corrected chi connectivity index (χ2v) is 6.93. The number of anilines is 1. The van der Waals surface area contributed by atoms with E-state index in [1.807, 2.05) is 12.1 Å². The average molecular weight is 369 g/mol. The maximum Gasteiger partial charge on any atom is 0.255 e. The fourth-order valence-corrected chi connectivity index (χ4v) is 3.19. The standard InChI is InChI=1S/C21H17F2NOS/c1-14-2-9-18(10-3-14)26-13-15-4-6-16(7-5-15)21(25)24-20-11-8-17(22)12-19(20)23/h2-12H,13H2,1H3,(H,24,25).